The molecule has 27 heavy (non-hydrogen) atoms. The van der Waals surface area contributed by atoms with Crippen molar-refractivity contribution in [3.63, 3.8) is 0 Å². The van der Waals surface area contributed by atoms with E-state index in [1.165, 1.54) is 5.56 Å². The van der Waals surface area contributed by atoms with E-state index in [0.717, 1.165) is 37.4 Å². The molecule has 2 N–H and O–H groups in total. The minimum atomic E-state index is -0.122. The van der Waals surface area contributed by atoms with Gasteiger partial charge < -0.3 is 15.1 Å². The van der Waals surface area contributed by atoms with Crippen molar-refractivity contribution < 1.29 is 4.79 Å². The highest BCUT2D eigenvalue weighted by molar-refractivity contribution is 6.30. The van der Waals surface area contributed by atoms with Gasteiger partial charge in [-0.15, -0.1) is 0 Å². The summed E-state index contributed by atoms with van der Waals surface area (Å²) in [5.74, 6) is 1.35. The van der Waals surface area contributed by atoms with Crippen molar-refractivity contribution in [2.45, 2.75) is 39.0 Å². The number of hydrogen-bond donors (Lipinski definition) is 2. The van der Waals surface area contributed by atoms with Gasteiger partial charge in [0, 0.05) is 42.7 Å². The molecule has 1 aromatic rings. The Balaban J connectivity index is 1.94. The van der Waals surface area contributed by atoms with Crippen molar-refractivity contribution in [3.8, 4) is 0 Å². The smallest absolute Gasteiger partial charge is 0.219 e. The molecule has 0 saturated carbocycles. The molecule has 2 aliphatic heterocycles. The van der Waals surface area contributed by atoms with Gasteiger partial charge in [0.25, 0.3) is 0 Å². The maximum atomic E-state index is 11.9. The number of fused-ring (bicyclic) bond motifs is 2. The summed E-state index contributed by atoms with van der Waals surface area (Å²) in [6.07, 6.45) is 7.54. The van der Waals surface area contributed by atoms with Crippen LogP contribution in [0.25, 0.3) is 0 Å². The first-order valence-corrected chi connectivity index (χ1v) is 9.79. The third kappa shape index (κ3) is 3.74. The predicted octanol–water partition coefficient (Wildman–Crippen LogP) is 4.04. The molecule has 1 spiro atoms. The molecule has 1 fully saturated rings. The molecule has 1 aromatic carbocycles. The molecule has 6 heteroatoms. The lowest BCUT2D eigenvalue weighted by Gasteiger charge is -2.28. The summed E-state index contributed by atoms with van der Waals surface area (Å²) in [5, 5.41) is 12.1. The van der Waals surface area contributed by atoms with Crippen LogP contribution in [0.1, 0.15) is 39.2 Å². The highest BCUT2D eigenvalue weighted by Crippen LogP contribution is 2.48. The van der Waals surface area contributed by atoms with Gasteiger partial charge in [0.1, 0.15) is 11.7 Å². The van der Waals surface area contributed by atoms with E-state index in [1.807, 2.05) is 49.1 Å². The highest BCUT2D eigenvalue weighted by atomic mass is 35.5. The summed E-state index contributed by atoms with van der Waals surface area (Å²) < 4.78 is 0. The molecule has 144 valence electrons. The summed E-state index contributed by atoms with van der Waals surface area (Å²) >= 11 is 6.31. The summed E-state index contributed by atoms with van der Waals surface area (Å²) in [6.45, 7) is 7.88. The fraction of sp³-hybridized carbons (Fsp3) is 0.429. The number of amidine groups is 1. The Morgan fingerprint density at radius 2 is 2.19 bits per heavy atom. The van der Waals surface area contributed by atoms with E-state index >= 15 is 0 Å². The number of benzene rings is 1. The van der Waals surface area contributed by atoms with Crippen LogP contribution >= 0.6 is 11.6 Å². The van der Waals surface area contributed by atoms with Crippen LogP contribution < -0.4 is 10.2 Å². The number of nitrogens with one attached hydrogen (secondary N) is 2. The number of carbonyl (C=O) groups is 1. The first-order valence-electron chi connectivity index (χ1n) is 9.41. The first-order chi connectivity index (χ1) is 12.9. The molecular weight excluding hydrogens is 360 g/mol. The van der Waals surface area contributed by atoms with Gasteiger partial charge in [-0.05, 0) is 55.7 Å². The fourth-order valence-corrected chi connectivity index (χ4v) is 4.23. The molecular formula is C21H27ClN4O. The Kier molecular flexibility index (Phi) is 5.61. The van der Waals surface area contributed by atoms with Crippen LogP contribution in [0.5, 0.6) is 0 Å². The van der Waals surface area contributed by atoms with Crippen LogP contribution in [-0.4, -0.2) is 36.3 Å². The number of allylic oxidation sites excluding steroid dienone is 2. The highest BCUT2D eigenvalue weighted by Gasteiger charge is 2.48. The molecule has 2 aliphatic rings. The molecule has 1 atom stereocenters. The third-order valence-corrected chi connectivity index (χ3v) is 5.66. The van der Waals surface area contributed by atoms with Gasteiger partial charge in [0.05, 0.1) is 0 Å². The Bertz CT molecular complexity index is 816. The maximum absolute atomic E-state index is 11.9. The van der Waals surface area contributed by atoms with E-state index in [9.17, 15) is 4.79 Å². The summed E-state index contributed by atoms with van der Waals surface area (Å²) in [6, 6.07) is 5.98. The second-order valence-electron chi connectivity index (χ2n) is 7.24. The summed E-state index contributed by atoms with van der Waals surface area (Å²) in [7, 11) is 0. The van der Waals surface area contributed by atoms with Gasteiger partial charge in [-0.25, -0.2) is 0 Å². The Labute approximate surface area is 166 Å². The zero-order chi connectivity index (χ0) is 19.6. The second kappa shape index (κ2) is 7.77. The van der Waals surface area contributed by atoms with Crippen molar-refractivity contribution >= 4 is 29.0 Å². The SMILES string of the molecule is CC=C(NC(=N)/C=C\CC)N1CC2(CCN(C(C)=O)C2)c2cc(Cl)ccc21. The minimum absolute atomic E-state index is 0.116. The molecule has 0 aromatic heterocycles. The van der Waals surface area contributed by atoms with E-state index < -0.39 is 0 Å². The normalized spacial score (nSPS) is 22.0. The van der Waals surface area contributed by atoms with Crippen LogP contribution in [0.15, 0.2) is 42.2 Å². The monoisotopic (exact) mass is 386 g/mol. The van der Waals surface area contributed by atoms with E-state index in [1.54, 1.807) is 13.0 Å². The minimum Gasteiger partial charge on any atom is -0.342 e. The summed E-state index contributed by atoms with van der Waals surface area (Å²) in [5.41, 5.74) is 2.16. The number of anilines is 1. The van der Waals surface area contributed by atoms with E-state index in [0.29, 0.717) is 17.4 Å². The molecule has 2 heterocycles. The molecule has 0 aliphatic carbocycles. The molecule has 5 nitrogen and oxygen atoms in total. The van der Waals surface area contributed by atoms with E-state index in [2.05, 4.69) is 10.2 Å². The van der Waals surface area contributed by atoms with E-state index in [4.69, 9.17) is 17.0 Å². The van der Waals surface area contributed by atoms with E-state index in [-0.39, 0.29) is 11.3 Å². The van der Waals surface area contributed by atoms with Crippen molar-refractivity contribution in [2.75, 3.05) is 24.5 Å². The van der Waals surface area contributed by atoms with Gasteiger partial charge in [0.2, 0.25) is 5.91 Å². The zero-order valence-corrected chi connectivity index (χ0v) is 16.9. The van der Waals surface area contributed by atoms with Crippen LogP contribution in [0.4, 0.5) is 5.69 Å². The molecule has 1 amide bonds. The number of amides is 1. The molecule has 0 radical (unpaired) electrons. The largest absolute Gasteiger partial charge is 0.342 e. The van der Waals surface area contributed by atoms with Crippen LogP contribution in [0.3, 0.4) is 0 Å². The maximum Gasteiger partial charge on any atom is 0.219 e. The molecule has 0 bridgehead atoms. The number of hydrogen-bond acceptors (Lipinski definition) is 3. The standard InChI is InChI=1S/C21H27ClN4O/c1-4-6-7-19(23)24-20(5-2)26-14-21(10-11-25(13-21)15(3)27)17-12-16(22)8-9-18(17)26/h5-9,12H,4,10-11,13-14H2,1-3H3,(H2,23,24)/b7-6-,20-5?. The van der Waals surface area contributed by atoms with Crippen LogP contribution in [0, 0.1) is 5.41 Å². The number of nitrogens with zero attached hydrogens (tertiary/aromatic N) is 2. The third-order valence-electron chi connectivity index (χ3n) is 5.43. The van der Waals surface area contributed by atoms with Gasteiger partial charge >= 0.3 is 0 Å². The first kappa shape index (κ1) is 19.5. The number of halogens is 1. The average molecular weight is 387 g/mol. The number of rotatable bonds is 4. The van der Waals surface area contributed by atoms with Gasteiger partial charge in [-0.3, -0.25) is 10.2 Å². The van der Waals surface area contributed by atoms with Crippen molar-refractivity contribution in [3.05, 3.63) is 52.8 Å². The average Bonchev–Trinajstić information content (AvgIpc) is 3.21. The number of carbonyl (C=O) groups excluding carboxylic acids is 1. The van der Waals surface area contributed by atoms with Crippen LogP contribution in [0.2, 0.25) is 5.02 Å². The summed E-state index contributed by atoms with van der Waals surface area (Å²) in [4.78, 5) is 16.0. The lowest BCUT2D eigenvalue weighted by molar-refractivity contribution is -0.127. The van der Waals surface area contributed by atoms with Gasteiger partial charge in [-0.1, -0.05) is 24.6 Å². The van der Waals surface area contributed by atoms with Gasteiger partial charge in [-0.2, -0.15) is 0 Å². The molecule has 1 unspecified atom stereocenters. The van der Waals surface area contributed by atoms with Crippen molar-refractivity contribution in [2.24, 2.45) is 0 Å². The zero-order valence-electron chi connectivity index (χ0n) is 16.2. The lowest BCUT2D eigenvalue weighted by Crippen LogP contribution is -2.40. The molecule has 3 rings (SSSR count). The number of likely N-dealkylation sites (tertiary alicyclic amines) is 1. The predicted molar refractivity (Wildman–Crippen MR) is 111 cm³/mol. The Morgan fingerprint density at radius 3 is 2.81 bits per heavy atom. The fourth-order valence-electron chi connectivity index (χ4n) is 4.06. The molecule has 1 saturated heterocycles. The Morgan fingerprint density at radius 1 is 1.41 bits per heavy atom. The van der Waals surface area contributed by atoms with Crippen molar-refractivity contribution in [1.29, 1.82) is 5.41 Å². The quantitative estimate of drug-likeness (QED) is 0.606. The second-order valence-corrected chi connectivity index (χ2v) is 7.68. The lowest BCUT2D eigenvalue weighted by atomic mass is 9.81. The van der Waals surface area contributed by atoms with Crippen LogP contribution in [-0.2, 0) is 10.2 Å². The Hall–Kier alpha value is -2.27. The van der Waals surface area contributed by atoms with Crippen molar-refractivity contribution in [1.82, 2.24) is 10.2 Å². The topological polar surface area (TPSA) is 59.4 Å². The van der Waals surface area contributed by atoms with Gasteiger partial charge in [0.15, 0.2) is 0 Å².